The number of ether oxygens (including phenoxy) is 1. The Morgan fingerprint density at radius 1 is 1.14 bits per heavy atom. The van der Waals surface area contributed by atoms with Gasteiger partial charge in [0.25, 0.3) is 0 Å². The normalized spacial score (nSPS) is 12.2. The first-order valence-corrected chi connectivity index (χ1v) is 7.33. The summed E-state index contributed by atoms with van der Waals surface area (Å²) in [5.74, 6) is -0.0644. The quantitative estimate of drug-likeness (QED) is 0.840. The second-order valence-corrected chi connectivity index (χ2v) is 5.15. The van der Waals surface area contributed by atoms with Crippen molar-refractivity contribution in [1.82, 2.24) is 5.32 Å². The third-order valence-electron chi connectivity index (χ3n) is 3.57. The van der Waals surface area contributed by atoms with Gasteiger partial charge in [0.1, 0.15) is 0 Å². The zero-order valence-corrected chi connectivity index (χ0v) is 12.8. The van der Waals surface area contributed by atoms with E-state index in [4.69, 9.17) is 4.74 Å². The summed E-state index contributed by atoms with van der Waals surface area (Å²) in [4.78, 5) is 0. The molecule has 0 aliphatic rings. The van der Waals surface area contributed by atoms with Crippen LogP contribution in [-0.4, -0.2) is 13.7 Å². The summed E-state index contributed by atoms with van der Waals surface area (Å²) in [6.07, 6.45) is 1.10. The van der Waals surface area contributed by atoms with Crippen LogP contribution in [0.3, 0.4) is 0 Å². The van der Waals surface area contributed by atoms with Crippen molar-refractivity contribution >= 4 is 0 Å². The summed E-state index contributed by atoms with van der Waals surface area (Å²) in [6, 6.07) is 13.6. The Bertz CT molecular complexity index is 598. The molecule has 2 aromatic carbocycles. The number of benzene rings is 2. The lowest BCUT2D eigenvalue weighted by atomic mass is 10.00. The molecule has 0 saturated carbocycles. The molecule has 112 valence electrons. The summed E-state index contributed by atoms with van der Waals surface area (Å²) in [7, 11) is 1.47. The van der Waals surface area contributed by atoms with E-state index < -0.39 is 0 Å². The van der Waals surface area contributed by atoms with Gasteiger partial charge in [-0.2, -0.15) is 0 Å². The van der Waals surface area contributed by atoms with Crippen molar-refractivity contribution < 1.29 is 9.13 Å². The van der Waals surface area contributed by atoms with Crippen LogP contribution in [0.15, 0.2) is 42.5 Å². The predicted octanol–water partition coefficient (Wildman–Crippen LogP) is 4.56. The molecule has 0 amide bonds. The zero-order chi connectivity index (χ0) is 15.2. The highest BCUT2D eigenvalue weighted by Gasteiger charge is 2.08. The maximum Gasteiger partial charge on any atom is 0.165 e. The molecule has 2 aromatic rings. The number of hydrogen-bond donors (Lipinski definition) is 1. The molecule has 21 heavy (non-hydrogen) atoms. The fourth-order valence-electron chi connectivity index (χ4n) is 2.31. The summed E-state index contributed by atoms with van der Waals surface area (Å²) >= 11 is 0. The van der Waals surface area contributed by atoms with Crippen molar-refractivity contribution in [3.8, 4) is 16.9 Å². The third-order valence-corrected chi connectivity index (χ3v) is 3.57. The van der Waals surface area contributed by atoms with E-state index in [1.165, 1.54) is 18.7 Å². The molecule has 0 aliphatic heterocycles. The van der Waals surface area contributed by atoms with Crippen molar-refractivity contribution in [3.63, 3.8) is 0 Å². The standard InChI is InChI=1S/C18H22FNO/c1-4-10-20-13(2)14-6-5-7-15(11-14)16-8-9-18(21-3)17(19)12-16/h5-9,11-13,20H,4,10H2,1-3H3. The van der Waals surface area contributed by atoms with Crippen LogP contribution in [0.4, 0.5) is 4.39 Å². The summed E-state index contributed by atoms with van der Waals surface area (Å²) < 4.78 is 18.8. The van der Waals surface area contributed by atoms with E-state index in [9.17, 15) is 4.39 Å². The van der Waals surface area contributed by atoms with Crippen LogP contribution in [0.25, 0.3) is 11.1 Å². The molecule has 0 bridgehead atoms. The monoisotopic (exact) mass is 287 g/mol. The Kier molecular flexibility index (Phi) is 5.34. The van der Waals surface area contributed by atoms with Gasteiger partial charge in [-0.15, -0.1) is 0 Å². The van der Waals surface area contributed by atoms with E-state index in [1.54, 1.807) is 6.07 Å². The number of methoxy groups -OCH3 is 1. The lowest BCUT2D eigenvalue weighted by molar-refractivity contribution is 0.386. The number of halogens is 1. The SMILES string of the molecule is CCCNC(C)c1cccc(-c2ccc(OC)c(F)c2)c1. The van der Waals surface area contributed by atoms with Gasteiger partial charge in [0.2, 0.25) is 0 Å². The average Bonchev–Trinajstić information content (AvgIpc) is 2.52. The van der Waals surface area contributed by atoms with E-state index in [2.05, 4.69) is 31.3 Å². The smallest absolute Gasteiger partial charge is 0.165 e. The molecule has 2 nitrogen and oxygen atoms in total. The Morgan fingerprint density at radius 2 is 1.90 bits per heavy atom. The molecule has 0 aromatic heterocycles. The maximum absolute atomic E-state index is 13.8. The molecule has 0 heterocycles. The molecule has 2 rings (SSSR count). The van der Waals surface area contributed by atoms with Crippen molar-refractivity contribution in [2.24, 2.45) is 0 Å². The number of hydrogen-bond acceptors (Lipinski definition) is 2. The molecule has 1 unspecified atom stereocenters. The first-order chi connectivity index (χ1) is 10.2. The van der Waals surface area contributed by atoms with E-state index in [0.29, 0.717) is 0 Å². The Hall–Kier alpha value is -1.87. The summed E-state index contributed by atoms with van der Waals surface area (Å²) in [5, 5.41) is 3.46. The van der Waals surface area contributed by atoms with Crippen molar-refractivity contribution in [2.75, 3.05) is 13.7 Å². The van der Waals surface area contributed by atoms with E-state index >= 15 is 0 Å². The van der Waals surface area contributed by atoms with E-state index in [-0.39, 0.29) is 17.6 Å². The van der Waals surface area contributed by atoms with Crippen molar-refractivity contribution in [1.29, 1.82) is 0 Å². The largest absolute Gasteiger partial charge is 0.494 e. The minimum Gasteiger partial charge on any atom is -0.494 e. The highest BCUT2D eigenvalue weighted by atomic mass is 19.1. The predicted molar refractivity (Wildman–Crippen MR) is 85.1 cm³/mol. The highest BCUT2D eigenvalue weighted by Crippen LogP contribution is 2.27. The molecule has 0 saturated heterocycles. The van der Waals surface area contributed by atoms with Gasteiger partial charge in [0, 0.05) is 6.04 Å². The average molecular weight is 287 g/mol. The Morgan fingerprint density at radius 3 is 2.57 bits per heavy atom. The summed E-state index contributed by atoms with van der Waals surface area (Å²) in [5.41, 5.74) is 3.08. The van der Waals surface area contributed by atoms with Crippen LogP contribution in [0.2, 0.25) is 0 Å². The molecular formula is C18H22FNO. The topological polar surface area (TPSA) is 21.3 Å². The van der Waals surface area contributed by atoms with Crippen LogP contribution in [0, 0.1) is 5.82 Å². The molecule has 0 aliphatic carbocycles. The van der Waals surface area contributed by atoms with Gasteiger partial charge in [-0.05, 0) is 54.8 Å². The van der Waals surface area contributed by atoms with Crippen LogP contribution in [0.1, 0.15) is 31.9 Å². The van der Waals surface area contributed by atoms with Gasteiger partial charge in [-0.3, -0.25) is 0 Å². The molecule has 0 radical (unpaired) electrons. The number of nitrogens with one attached hydrogen (secondary N) is 1. The van der Waals surface area contributed by atoms with Crippen molar-refractivity contribution in [2.45, 2.75) is 26.3 Å². The molecular weight excluding hydrogens is 265 g/mol. The van der Waals surface area contributed by atoms with E-state index in [0.717, 1.165) is 24.1 Å². The highest BCUT2D eigenvalue weighted by molar-refractivity contribution is 5.65. The van der Waals surface area contributed by atoms with Gasteiger partial charge in [0.05, 0.1) is 7.11 Å². The maximum atomic E-state index is 13.8. The lowest BCUT2D eigenvalue weighted by Crippen LogP contribution is -2.19. The van der Waals surface area contributed by atoms with E-state index in [1.807, 2.05) is 18.2 Å². The minimum atomic E-state index is -0.336. The number of rotatable bonds is 6. The molecule has 3 heteroatoms. The Labute approximate surface area is 126 Å². The second-order valence-electron chi connectivity index (χ2n) is 5.15. The molecule has 1 atom stereocenters. The molecule has 0 spiro atoms. The fourth-order valence-corrected chi connectivity index (χ4v) is 2.31. The van der Waals surface area contributed by atoms with Crippen LogP contribution in [0.5, 0.6) is 5.75 Å². The van der Waals surface area contributed by atoms with Crippen molar-refractivity contribution in [3.05, 3.63) is 53.8 Å². The van der Waals surface area contributed by atoms with Gasteiger partial charge >= 0.3 is 0 Å². The van der Waals surface area contributed by atoms with Gasteiger partial charge in [-0.25, -0.2) is 4.39 Å². The second kappa shape index (κ2) is 7.23. The van der Waals surface area contributed by atoms with Gasteiger partial charge in [-0.1, -0.05) is 31.2 Å². The Balaban J connectivity index is 2.26. The first-order valence-electron chi connectivity index (χ1n) is 7.33. The first kappa shape index (κ1) is 15.5. The van der Waals surface area contributed by atoms with Crippen LogP contribution in [-0.2, 0) is 0 Å². The van der Waals surface area contributed by atoms with Gasteiger partial charge in [0.15, 0.2) is 11.6 Å². The third kappa shape index (κ3) is 3.82. The lowest BCUT2D eigenvalue weighted by Gasteiger charge is -2.15. The zero-order valence-electron chi connectivity index (χ0n) is 12.8. The molecule has 1 N–H and O–H groups in total. The minimum absolute atomic E-state index is 0.271. The van der Waals surface area contributed by atoms with Crippen LogP contribution >= 0.6 is 0 Å². The fraction of sp³-hybridized carbons (Fsp3) is 0.333. The van der Waals surface area contributed by atoms with Gasteiger partial charge < -0.3 is 10.1 Å². The summed E-state index contributed by atoms with van der Waals surface area (Å²) in [6.45, 7) is 5.28. The van der Waals surface area contributed by atoms with Crippen LogP contribution < -0.4 is 10.1 Å². The molecule has 0 fully saturated rings.